The summed E-state index contributed by atoms with van der Waals surface area (Å²) in [4.78, 5) is 32.2. The average molecular weight is 516 g/mol. The van der Waals surface area contributed by atoms with Crippen molar-refractivity contribution in [2.45, 2.75) is 56.0 Å². The van der Waals surface area contributed by atoms with E-state index in [4.69, 9.17) is 0 Å². The number of hydrogen-bond donors (Lipinski definition) is 1. The largest absolute Gasteiger partial charge is 0.350 e. The molecule has 2 amide bonds. The molecule has 37 heavy (non-hydrogen) atoms. The fraction of sp³-hybridized carbons (Fsp3) is 0.333. The highest BCUT2D eigenvalue weighted by Crippen LogP contribution is 2.36. The molecule has 3 aromatic carbocycles. The molecule has 0 spiro atoms. The highest BCUT2D eigenvalue weighted by molar-refractivity contribution is 7.85. The first-order valence-corrected chi connectivity index (χ1v) is 14.1. The van der Waals surface area contributed by atoms with Crippen LogP contribution in [0, 0.1) is 13.8 Å². The minimum absolute atomic E-state index is 0.183. The number of carbonyl (C=O) groups is 2. The average Bonchev–Trinajstić information content (AvgIpc) is 3.36. The highest BCUT2D eigenvalue weighted by Gasteiger charge is 2.32. The summed E-state index contributed by atoms with van der Waals surface area (Å²) in [7, 11) is -1.55. The number of anilines is 1. The number of hydrogen-bond acceptors (Lipinski definition) is 4. The predicted molar refractivity (Wildman–Crippen MR) is 147 cm³/mol. The van der Waals surface area contributed by atoms with E-state index in [2.05, 4.69) is 23.2 Å². The van der Waals surface area contributed by atoms with E-state index in [9.17, 15) is 13.8 Å². The van der Waals surface area contributed by atoms with Crippen LogP contribution in [0.15, 0.2) is 70.5 Å². The van der Waals surface area contributed by atoms with Crippen LogP contribution in [0.4, 0.5) is 5.69 Å². The van der Waals surface area contributed by atoms with Gasteiger partial charge in [0, 0.05) is 18.2 Å². The van der Waals surface area contributed by atoms with Gasteiger partial charge in [0.25, 0.3) is 11.8 Å². The molecule has 6 nitrogen and oxygen atoms in total. The Hall–Kier alpha value is -3.29. The van der Waals surface area contributed by atoms with Crippen LogP contribution in [-0.2, 0) is 17.3 Å². The van der Waals surface area contributed by atoms with Gasteiger partial charge in [-0.05, 0) is 81.2 Å². The molecule has 1 fully saturated rings. The summed E-state index contributed by atoms with van der Waals surface area (Å²) < 4.78 is 13.7. The first-order chi connectivity index (χ1) is 17.9. The number of fused-ring (bicyclic) bond motifs is 2. The van der Waals surface area contributed by atoms with Gasteiger partial charge in [-0.25, -0.2) is 4.21 Å². The second-order valence-corrected chi connectivity index (χ2v) is 11.3. The molecular weight excluding hydrogens is 482 g/mol. The first-order valence-electron chi connectivity index (χ1n) is 12.9. The van der Waals surface area contributed by atoms with E-state index in [1.807, 2.05) is 26.0 Å². The third kappa shape index (κ3) is 4.98. The van der Waals surface area contributed by atoms with Gasteiger partial charge in [-0.15, -0.1) is 0 Å². The Bertz CT molecular complexity index is 1390. The molecule has 7 heteroatoms. The van der Waals surface area contributed by atoms with Crippen molar-refractivity contribution in [1.82, 2.24) is 10.2 Å². The van der Waals surface area contributed by atoms with Crippen LogP contribution in [0.1, 0.15) is 57.2 Å². The molecule has 2 heterocycles. The Labute approximate surface area is 221 Å². The van der Waals surface area contributed by atoms with Gasteiger partial charge in [0.05, 0.1) is 38.4 Å². The lowest BCUT2D eigenvalue weighted by Gasteiger charge is -2.25. The predicted octanol–water partition coefficient (Wildman–Crippen LogP) is 4.84. The zero-order chi connectivity index (χ0) is 26.1. The smallest absolute Gasteiger partial charge is 0.259 e. The Kier molecular flexibility index (Phi) is 7.26. The SMILES string of the molecule is CCN1CCCC1CNC(=O)c1ccc2c(c1)N(Cc1cc(C)ccc1C)C(=O)c1ccccc1S2=O. The number of likely N-dealkylation sites (N-methyl/N-ethyl adjacent to an activating group) is 1. The summed E-state index contributed by atoms with van der Waals surface area (Å²) >= 11 is 0. The Balaban J connectivity index is 1.52. The van der Waals surface area contributed by atoms with Crippen LogP contribution in [-0.4, -0.2) is 46.6 Å². The Morgan fingerprint density at radius 2 is 1.86 bits per heavy atom. The van der Waals surface area contributed by atoms with Gasteiger partial charge in [0.2, 0.25) is 0 Å². The first kappa shape index (κ1) is 25.4. The lowest BCUT2D eigenvalue weighted by Crippen LogP contribution is -2.40. The van der Waals surface area contributed by atoms with E-state index in [0.29, 0.717) is 45.7 Å². The minimum atomic E-state index is -1.55. The Morgan fingerprint density at radius 1 is 1.05 bits per heavy atom. The molecule has 2 unspecified atom stereocenters. The number of amides is 2. The van der Waals surface area contributed by atoms with Crippen LogP contribution in [0.25, 0.3) is 0 Å². The molecule has 2 atom stereocenters. The fourth-order valence-corrected chi connectivity index (χ4v) is 6.70. The molecule has 192 valence electrons. The van der Waals surface area contributed by atoms with Gasteiger partial charge in [0.15, 0.2) is 0 Å². The number of rotatable bonds is 6. The van der Waals surface area contributed by atoms with E-state index in [1.54, 1.807) is 47.4 Å². The molecule has 0 saturated carbocycles. The van der Waals surface area contributed by atoms with E-state index in [0.717, 1.165) is 42.6 Å². The summed E-state index contributed by atoms with van der Waals surface area (Å²) in [6, 6.07) is 18.8. The van der Waals surface area contributed by atoms with Crippen LogP contribution >= 0.6 is 0 Å². The zero-order valence-corrected chi connectivity index (χ0v) is 22.4. The van der Waals surface area contributed by atoms with E-state index < -0.39 is 10.8 Å². The van der Waals surface area contributed by atoms with Crippen molar-refractivity contribution in [2.24, 2.45) is 0 Å². The maximum Gasteiger partial charge on any atom is 0.259 e. The van der Waals surface area contributed by atoms with Crippen molar-refractivity contribution in [2.75, 3.05) is 24.5 Å². The molecule has 0 radical (unpaired) electrons. The molecule has 2 aliphatic rings. The van der Waals surface area contributed by atoms with Gasteiger partial charge in [-0.1, -0.05) is 42.8 Å². The molecule has 3 aromatic rings. The lowest BCUT2D eigenvalue weighted by molar-refractivity contribution is 0.0938. The van der Waals surface area contributed by atoms with Crippen molar-refractivity contribution >= 4 is 28.3 Å². The lowest BCUT2D eigenvalue weighted by atomic mass is 10.0. The van der Waals surface area contributed by atoms with Crippen LogP contribution < -0.4 is 10.2 Å². The summed E-state index contributed by atoms with van der Waals surface area (Å²) in [5.41, 5.74) is 4.60. The maximum atomic E-state index is 13.9. The quantitative estimate of drug-likeness (QED) is 0.510. The van der Waals surface area contributed by atoms with Crippen molar-refractivity contribution < 1.29 is 13.8 Å². The third-order valence-electron chi connectivity index (χ3n) is 7.51. The number of carbonyl (C=O) groups excluding carboxylic acids is 2. The van der Waals surface area contributed by atoms with E-state index in [-0.39, 0.29) is 11.8 Å². The second-order valence-electron chi connectivity index (χ2n) is 9.90. The number of nitrogens with one attached hydrogen (secondary N) is 1. The molecule has 1 N–H and O–H groups in total. The van der Waals surface area contributed by atoms with Crippen molar-refractivity contribution in [3.8, 4) is 0 Å². The van der Waals surface area contributed by atoms with E-state index in [1.165, 1.54) is 0 Å². The molecule has 0 aromatic heterocycles. The molecule has 5 rings (SSSR count). The van der Waals surface area contributed by atoms with Crippen molar-refractivity contribution in [1.29, 1.82) is 0 Å². The molecule has 0 aliphatic carbocycles. The van der Waals surface area contributed by atoms with Gasteiger partial charge in [-0.3, -0.25) is 14.5 Å². The van der Waals surface area contributed by atoms with Gasteiger partial charge in [-0.2, -0.15) is 0 Å². The second kappa shape index (κ2) is 10.6. The standard InChI is InChI=1S/C30H33N3O3S/c1-4-32-15-7-8-24(32)18-31-29(34)22-13-14-28-26(17-22)33(19-23-16-20(2)11-12-21(23)3)30(35)25-9-5-6-10-27(25)37(28)36/h5-6,9-14,16-17,24H,4,7-8,15,18-19H2,1-3H3,(H,31,34). The number of benzene rings is 3. The van der Waals surface area contributed by atoms with Crippen LogP contribution in [0.2, 0.25) is 0 Å². The molecule has 2 aliphatic heterocycles. The summed E-state index contributed by atoms with van der Waals surface area (Å²) in [5, 5.41) is 3.09. The van der Waals surface area contributed by atoms with E-state index >= 15 is 0 Å². The maximum absolute atomic E-state index is 13.9. The zero-order valence-electron chi connectivity index (χ0n) is 21.6. The van der Waals surface area contributed by atoms with Gasteiger partial charge < -0.3 is 10.2 Å². The topological polar surface area (TPSA) is 69.7 Å². The summed E-state index contributed by atoms with van der Waals surface area (Å²) in [6.07, 6.45) is 2.22. The van der Waals surface area contributed by atoms with Crippen LogP contribution in [0.5, 0.6) is 0 Å². The Morgan fingerprint density at radius 3 is 2.68 bits per heavy atom. The molecule has 1 saturated heterocycles. The monoisotopic (exact) mass is 515 g/mol. The van der Waals surface area contributed by atoms with Crippen molar-refractivity contribution in [3.63, 3.8) is 0 Å². The molecule has 0 bridgehead atoms. The van der Waals surface area contributed by atoms with Crippen molar-refractivity contribution in [3.05, 3.63) is 88.5 Å². The van der Waals surface area contributed by atoms with Crippen LogP contribution in [0.3, 0.4) is 0 Å². The normalized spacial score (nSPS) is 19.3. The third-order valence-corrected chi connectivity index (χ3v) is 9.01. The number of nitrogens with zero attached hydrogens (tertiary/aromatic N) is 2. The summed E-state index contributed by atoms with van der Waals surface area (Å²) in [5.74, 6) is -0.400. The minimum Gasteiger partial charge on any atom is -0.350 e. The summed E-state index contributed by atoms with van der Waals surface area (Å²) in [6.45, 7) is 9.15. The fourth-order valence-electron chi connectivity index (χ4n) is 5.36. The molecular formula is C30H33N3O3S. The highest BCUT2D eigenvalue weighted by atomic mass is 32.2. The van der Waals surface area contributed by atoms with Gasteiger partial charge in [0.1, 0.15) is 0 Å². The number of aryl methyl sites for hydroxylation is 2. The number of likely N-dealkylation sites (tertiary alicyclic amines) is 1. The van der Waals surface area contributed by atoms with Gasteiger partial charge >= 0.3 is 0 Å².